The number of hydrogen-bond donors (Lipinski definition) is 4. The van der Waals surface area contributed by atoms with Gasteiger partial charge in [0.25, 0.3) is 10.0 Å². The number of urea groups is 1. The van der Waals surface area contributed by atoms with E-state index in [-0.39, 0.29) is 23.3 Å². The Kier molecular flexibility index (Phi) is 7.01. The molecule has 2 aliphatic rings. The van der Waals surface area contributed by atoms with E-state index in [0.717, 1.165) is 18.4 Å². The van der Waals surface area contributed by atoms with Crippen LogP contribution in [-0.2, 0) is 19.6 Å². The van der Waals surface area contributed by atoms with Crippen LogP contribution in [0.1, 0.15) is 51.1 Å². The molecule has 2 unspecified atom stereocenters. The number of benzene rings is 1. The van der Waals surface area contributed by atoms with Crippen molar-refractivity contribution in [3.8, 4) is 0 Å². The molecule has 1 fully saturated rings. The van der Waals surface area contributed by atoms with Crippen LogP contribution in [0.15, 0.2) is 34.9 Å². The van der Waals surface area contributed by atoms with Crippen LogP contribution in [0.3, 0.4) is 0 Å². The number of nitrogens with zero attached hydrogens (tertiary/aromatic N) is 1. The molecule has 33 heavy (non-hydrogen) atoms. The van der Waals surface area contributed by atoms with Crippen molar-refractivity contribution < 1.29 is 22.8 Å². The first kappa shape index (κ1) is 24.6. The van der Waals surface area contributed by atoms with E-state index >= 15 is 0 Å². The molecule has 4 amide bonds. The largest absolute Gasteiger partial charge is 0.377 e. The molecule has 0 aromatic heterocycles. The minimum absolute atomic E-state index is 0.000103. The number of sulfonamides is 1. The summed E-state index contributed by atoms with van der Waals surface area (Å²) in [6.45, 7) is 3.75. The first-order chi connectivity index (χ1) is 15.5. The molecule has 1 aliphatic heterocycles. The fourth-order valence-corrected chi connectivity index (χ4v) is 5.35. The molecular formula is C22H31N5O5S. The summed E-state index contributed by atoms with van der Waals surface area (Å²) in [6.07, 6.45) is 4.62. The van der Waals surface area contributed by atoms with Crippen molar-refractivity contribution in [3.05, 3.63) is 35.5 Å². The van der Waals surface area contributed by atoms with E-state index in [2.05, 4.69) is 20.7 Å². The number of carbonyl (C=O) groups is 3. The van der Waals surface area contributed by atoms with E-state index in [4.69, 9.17) is 0 Å². The van der Waals surface area contributed by atoms with Gasteiger partial charge in [-0.25, -0.2) is 17.9 Å². The van der Waals surface area contributed by atoms with Gasteiger partial charge in [0.15, 0.2) is 0 Å². The summed E-state index contributed by atoms with van der Waals surface area (Å²) < 4.78 is 28.3. The Balaban J connectivity index is 1.99. The molecule has 1 heterocycles. The third-order valence-electron chi connectivity index (χ3n) is 6.33. The van der Waals surface area contributed by atoms with Crippen molar-refractivity contribution in [1.29, 1.82) is 0 Å². The Labute approximate surface area is 194 Å². The van der Waals surface area contributed by atoms with Crippen LogP contribution in [0.4, 0.5) is 10.5 Å². The van der Waals surface area contributed by atoms with Gasteiger partial charge in [0.05, 0.1) is 17.1 Å². The highest BCUT2D eigenvalue weighted by Gasteiger charge is 2.44. The molecule has 10 nitrogen and oxygen atoms in total. The maximum Gasteiger partial charge on any atom is 0.328 e. The lowest BCUT2D eigenvalue weighted by atomic mass is 9.73. The molecule has 1 aromatic carbocycles. The average Bonchev–Trinajstić information content (AvgIpc) is 3.52. The molecule has 4 N–H and O–H groups in total. The van der Waals surface area contributed by atoms with E-state index in [1.54, 1.807) is 37.3 Å². The van der Waals surface area contributed by atoms with Gasteiger partial charge in [-0.1, -0.05) is 13.0 Å². The van der Waals surface area contributed by atoms with E-state index in [1.165, 1.54) is 6.07 Å². The van der Waals surface area contributed by atoms with Crippen LogP contribution >= 0.6 is 0 Å². The third-order valence-corrected chi connectivity index (χ3v) is 7.69. The molecule has 3 rings (SSSR count). The second-order valence-corrected chi connectivity index (χ2v) is 10.4. The third kappa shape index (κ3) is 5.13. The summed E-state index contributed by atoms with van der Waals surface area (Å²) in [5.74, 6) is -0.156. The Morgan fingerprint density at radius 3 is 2.55 bits per heavy atom. The lowest BCUT2D eigenvalue weighted by Gasteiger charge is -2.32. The van der Waals surface area contributed by atoms with Gasteiger partial charge in [0.2, 0.25) is 12.3 Å². The molecular weight excluding hydrogens is 446 g/mol. The van der Waals surface area contributed by atoms with Gasteiger partial charge in [-0.15, -0.1) is 0 Å². The van der Waals surface area contributed by atoms with Crippen molar-refractivity contribution in [2.24, 2.45) is 5.41 Å². The summed E-state index contributed by atoms with van der Waals surface area (Å²) >= 11 is 0. The topological polar surface area (TPSA) is 137 Å². The van der Waals surface area contributed by atoms with Gasteiger partial charge < -0.3 is 20.9 Å². The molecule has 180 valence electrons. The molecule has 0 radical (unpaired) electrons. The first-order valence-corrected chi connectivity index (χ1v) is 12.3. The Bertz CT molecular complexity index is 1080. The summed E-state index contributed by atoms with van der Waals surface area (Å²) in [5, 5.41) is 8.07. The van der Waals surface area contributed by atoms with Crippen molar-refractivity contribution in [3.63, 3.8) is 0 Å². The van der Waals surface area contributed by atoms with Crippen LogP contribution in [0, 0.1) is 5.41 Å². The SMILES string of the molecule is CCC1(CC(NC=O)c2ccc(N(C)C)c(S(=O)(=O)NC(=O)NC3CC3)c2)C(=O)NC=C1C. The van der Waals surface area contributed by atoms with Gasteiger partial charge in [-0.3, -0.25) is 9.59 Å². The summed E-state index contributed by atoms with van der Waals surface area (Å²) in [5.41, 5.74) is 0.928. The van der Waals surface area contributed by atoms with Crippen LogP contribution in [0.5, 0.6) is 0 Å². The van der Waals surface area contributed by atoms with Crippen molar-refractivity contribution in [2.75, 3.05) is 19.0 Å². The van der Waals surface area contributed by atoms with Gasteiger partial charge in [-0.05, 0) is 55.9 Å². The molecule has 1 aromatic rings. The van der Waals surface area contributed by atoms with Crippen LogP contribution in [0.2, 0.25) is 0 Å². The Morgan fingerprint density at radius 1 is 1.33 bits per heavy atom. The predicted octanol–water partition coefficient (Wildman–Crippen LogP) is 1.51. The Morgan fingerprint density at radius 2 is 2.03 bits per heavy atom. The van der Waals surface area contributed by atoms with Gasteiger partial charge in [0, 0.05) is 26.3 Å². The highest BCUT2D eigenvalue weighted by molar-refractivity contribution is 7.90. The minimum atomic E-state index is -4.20. The van der Waals surface area contributed by atoms with Crippen LogP contribution in [0.25, 0.3) is 0 Å². The molecule has 0 saturated heterocycles. The maximum absolute atomic E-state index is 13.1. The molecule has 11 heteroatoms. The zero-order chi connectivity index (χ0) is 24.4. The highest BCUT2D eigenvalue weighted by atomic mass is 32.2. The lowest BCUT2D eigenvalue weighted by Crippen LogP contribution is -2.41. The molecule has 2 atom stereocenters. The van der Waals surface area contributed by atoms with E-state index < -0.39 is 27.5 Å². The second kappa shape index (κ2) is 9.42. The Hall–Kier alpha value is -3.08. The molecule has 0 spiro atoms. The van der Waals surface area contributed by atoms with E-state index in [9.17, 15) is 22.8 Å². The summed E-state index contributed by atoms with van der Waals surface area (Å²) in [6, 6.07) is 3.38. The zero-order valence-corrected chi connectivity index (χ0v) is 20.1. The summed E-state index contributed by atoms with van der Waals surface area (Å²) in [7, 11) is -0.810. The summed E-state index contributed by atoms with van der Waals surface area (Å²) in [4.78, 5) is 37.7. The van der Waals surface area contributed by atoms with Crippen LogP contribution < -0.4 is 25.6 Å². The van der Waals surface area contributed by atoms with Crippen molar-refractivity contribution >= 4 is 34.1 Å². The van der Waals surface area contributed by atoms with Gasteiger partial charge in [-0.2, -0.15) is 0 Å². The number of anilines is 1. The number of hydrogen-bond acceptors (Lipinski definition) is 6. The van der Waals surface area contributed by atoms with Gasteiger partial charge >= 0.3 is 6.03 Å². The van der Waals surface area contributed by atoms with Crippen molar-refractivity contribution in [2.45, 2.75) is 56.5 Å². The monoisotopic (exact) mass is 477 g/mol. The number of nitrogens with one attached hydrogen (secondary N) is 4. The second-order valence-electron chi connectivity index (χ2n) is 8.75. The first-order valence-electron chi connectivity index (χ1n) is 10.9. The minimum Gasteiger partial charge on any atom is -0.377 e. The molecule has 1 aliphatic carbocycles. The fraction of sp³-hybridized carbons (Fsp3) is 0.500. The predicted molar refractivity (Wildman–Crippen MR) is 124 cm³/mol. The standard InChI is InChI=1S/C22H31N5O5S/c1-5-22(14(2)12-23-20(22)29)11-17(24-13-28)15-6-9-18(27(3)4)19(10-15)33(31,32)26-21(30)25-16-7-8-16/h6,9-10,12-13,16-17H,5,7-8,11H2,1-4H3,(H,23,29)(H,24,28)(H2,25,26,30). The smallest absolute Gasteiger partial charge is 0.328 e. The quantitative estimate of drug-likeness (QED) is 0.377. The lowest BCUT2D eigenvalue weighted by molar-refractivity contribution is -0.128. The van der Waals surface area contributed by atoms with Gasteiger partial charge in [0.1, 0.15) is 4.90 Å². The molecule has 0 bridgehead atoms. The zero-order valence-electron chi connectivity index (χ0n) is 19.3. The molecule has 1 saturated carbocycles. The van der Waals surface area contributed by atoms with E-state index in [1.807, 2.05) is 13.8 Å². The van der Waals surface area contributed by atoms with Crippen LogP contribution in [-0.4, -0.2) is 46.9 Å². The highest BCUT2D eigenvalue weighted by Crippen LogP contribution is 2.43. The maximum atomic E-state index is 13.1. The number of rotatable bonds is 10. The van der Waals surface area contributed by atoms with E-state index in [0.29, 0.717) is 24.1 Å². The number of amides is 4. The normalized spacial score (nSPS) is 21.0. The number of carbonyl (C=O) groups excluding carboxylic acids is 3. The fourth-order valence-electron chi connectivity index (χ4n) is 4.12. The average molecular weight is 478 g/mol. The van der Waals surface area contributed by atoms with Crippen molar-refractivity contribution in [1.82, 2.24) is 20.7 Å².